The van der Waals surface area contributed by atoms with Gasteiger partial charge in [-0.25, -0.2) is 8.42 Å². The molecule has 0 spiro atoms. The molecule has 0 heterocycles. The van der Waals surface area contributed by atoms with E-state index in [0.717, 1.165) is 0 Å². The highest BCUT2D eigenvalue weighted by Gasteiger charge is 2.22. The molecule has 1 unspecified atom stereocenters. The van der Waals surface area contributed by atoms with Gasteiger partial charge in [0, 0.05) is 13.1 Å². The molecule has 1 amide bonds. The zero-order valence-electron chi connectivity index (χ0n) is 10.4. The quantitative estimate of drug-likeness (QED) is 0.711. The average molecular weight is 250 g/mol. The van der Waals surface area contributed by atoms with Crippen LogP contribution in [0.3, 0.4) is 0 Å². The van der Waals surface area contributed by atoms with Crippen molar-refractivity contribution in [3.63, 3.8) is 0 Å². The Kier molecular flexibility index (Phi) is 5.96. The Morgan fingerprint density at radius 3 is 2.19 bits per heavy atom. The smallest absolute Gasteiger partial charge is 0.237 e. The zero-order chi connectivity index (χ0) is 12.9. The third kappa shape index (κ3) is 5.46. The van der Waals surface area contributed by atoms with Gasteiger partial charge in [0.25, 0.3) is 0 Å². The number of amides is 1. The molecular weight excluding hydrogens is 228 g/mol. The first-order chi connectivity index (χ1) is 7.19. The van der Waals surface area contributed by atoms with Crippen molar-refractivity contribution < 1.29 is 13.2 Å². The Morgan fingerprint density at radius 1 is 1.31 bits per heavy atom. The van der Waals surface area contributed by atoms with Gasteiger partial charge in [-0.1, -0.05) is 6.92 Å². The average Bonchev–Trinajstić information content (AvgIpc) is 2.14. The van der Waals surface area contributed by atoms with Crippen molar-refractivity contribution in [3.8, 4) is 0 Å². The molecule has 0 aliphatic rings. The monoisotopic (exact) mass is 250 g/mol. The van der Waals surface area contributed by atoms with Gasteiger partial charge in [0.2, 0.25) is 5.91 Å². The first kappa shape index (κ1) is 15.4. The van der Waals surface area contributed by atoms with Crippen LogP contribution in [-0.2, 0) is 14.6 Å². The number of nitrogens with zero attached hydrogens (tertiary/aromatic N) is 1. The summed E-state index contributed by atoms with van der Waals surface area (Å²) in [6, 6.07) is 0.00892. The van der Waals surface area contributed by atoms with Crippen LogP contribution in [-0.4, -0.2) is 50.4 Å². The number of hydrogen-bond donors (Lipinski definition) is 1. The lowest BCUT2D eigenvalue weighted by molar-refractivity contribution is -0.128. The van der Waals surface area contributed by atoms with Crippen LogP contribution in [0.15, 0.2) is 0 Å². The highest BCUT2D eigenvalue weighted by atomic mass is 32.2. The number of carbonyl (C=O) groups is 1. The summed E-state index contributed by atoms with van der Waals surface area (Å²) < 4.78 is 23.3. The Hall–Kier alpha value is -0.620. The second kappa shape index (κ2) is 6.20. The molecule has 2 N–H and O–H groups in total. The van der Waals surface area contributed by atoms with Gasteiger partial charge in [-0.05, 0) is 26.3 Å². The first-order valence-corrected chi connectivity index (χ1v) is 7.18. The van der Waals surface area contributed by atoms with Crippen molar-refractivity contribution in [2.75, 3.05) is 25.1 Å². The van der Waals surface area contributed by atoms with E-state index in [2.05, 4.69) is 0 Å². The summed E-state index contributed by atoms with van der Waals surface area (Å²) in [5.41, 5.74) is 5.36. The van der Waals surface area contributed by atoms with E-state index in [1.807, 2.05) is 13.8 Å². The van der Waals surface area contributed by atoms with Gasteiger partial charge in [-0.2, -0.15) is 0 Å². The molecule has 1 atom stereocenters. The molecule has 16 heavy (non-hydrogen) atoms. The van der Waals surface area contributed by atoms with Crippen LogP contribution in [0.4, 0.5) is 0 Å². The molecule has 0 radical (unpaired) electrons. The fraction of sp³-hybridized carbons (Fsp3) is 0.900. The lowest BCUT2D eigenvalue weighted by Gasteiger charge is -2.21. The summed E-state index contributed by atoms with van der Waals surface area (Å²) in [4.78, 5) is 13.0. The van der Waals surface area contributed by atoms with Crippen LogP contribution < -0.4 is 5.73 Å². The van der Waals surface area contributed by atoms with E-state index in [-0.39, 0.29) is 23.6 Å². The highest BCUT2D eigenvalue weighted by Crippen LogP contribution is 2.03. The second-order valence-electron chi connectivity index (χ2n) is 4.49. The van der Waals surface area contributed by atoms with Crippen LogP contribution in [0.1, 0.15) is 20.8 Å². The Morgan fingerprint density at radius 2 is 1.81 bits per heavy atom. The van der Waals surface area contributed by atoms with Crippen LogP contribution in [0.5, 0.6) is 0 Å². The lowest BCUT2D eigenvalue weighted by atomic mass is 10.2. The summed E-state index contributed by atoms with van der Waals surface area (Å²) in [7, 11) is -1.74. The third-order valence-corrected chi connectivity index (χ3v) is 4.22. The molecule has 0 rings (SSSR count). The van der Waals surface area contributed by atoms with E-state index in [9.17, 15) is 13.2 Å². The molecule has 0 aromatic carbocycles. The van der Waals surface area contributed by atoms with Gasteiger partial charge in [0.15, 0.2) is 9.84 Å². The van der Waals surface area contributed by atoms with Gasteiger partial charge < -0.3 is 10.6 Å². The van der Waals surface area contributed by atoms with Crippen molar-refractivity contribution in [2.24, 2.45) is 11.7 Å². The van der Waals surface area contributed by atoms with Gasteiger partial charge in [0.05, 0.1) is 5.75 Å². The number of carbonyl (C=O) groups excluding carboxylic acids is 1. The van der Waals surface area contributed by atoms with Crippen molar-refractivity contribution in [2.45, 2.75) is 26.8 Å². The molecule has 0 aliphatic heterocycles. The fourth-order valence-corrected chi connectivity index (χ4v) is 2.84. The maximum absolute atomic E-state index is 11.6. The van der Waals surface area contributed by atoms with E-state index in [0.29, 0.717) is 6.54 Å². The Bertz CT molecular complexity index is 325. The van der Waals surface area contributed by atoms with Gasteiger partial charge in [-0.3, -0.25) is 4.79 Å². The van der Waals surface area contributed by atoms with E-state index in [1.54, 1.807) is 14.0 Å². The zero-order valence-corrected chi connectivity index (χ0v) is 11.3. The fourth-order valence-electron chi connectivity index (χ4n) is 1.14. The predicted molar refractivity (Wildman–Crippen MR) is 64.8 cm³/mol. The molecular formula is C10H22N2O3S. The predicted octanol–water partition coefficient (Wildman–Crippen LogP) is -0.137. The molecule has 6 heteroatoms. The van der Waals surface area contributed by atoms with E-state index in [1.165, 1.54) is 4.90 Å². The van der Waals surface area contributed by atoms with Crippen molar-refractivity contribution >= 4 is 15.7 Å². The van der Waals surface area contributed by atoms with E-state index >= 15 is 0 Å². The molecule has 0 aromatic rings. The topological polar surface area (TPSA) is 80.5 Å². The van der Waals surface area contributed by atoms with Crippen LogP contribution >= 0.6 is 0 Å². The van der Waals surface area contributed by atoms with Crippen LogP contribution in [0.2, 0.25) is 0 Å². The minimum absolute atomic E-state index is 0.00892. The maximum atomic E-state index is 11.6. The number of rotatable bonds is 6. The summed E-state index contributed by atoms with van der Waals surface area (Å²) in [5.74, 6) is -0.922. The summed E-state index contributed by atoms with van der Waals surface area (Å²) >= 11 is 0. The van der Waals surface area contributed by atoms with Crippen LogP contribution in [0, 0.1) is 5.92 Å². The number of sulfone groups is 1. The first-order valence-electron chi connectivity index (χ1n) is 5.35. The minimum Gasteiger partial charge on any atom is -0.342 e. The molecule has 0 fully saturated rings. The molecule has 5 nitrogen and oxygen atoms in total. The third-order valence-electron chi connectivity index (χ3n) is 2.45. The van der Waals surface area contributed by atoms with Crippen LogP contribution in [0.25, 0.3) is 0 Å². The Labute approximate surface area is 97.9 Å². The number of nitrogens with two attached hydrogens (primary N) is 1. The molecule has 0 aliphatic carbocycles. The van der Waals surface area contributed by atoms with Gasteiger partial charge >= 0.3 is 0 Å². The largest absolute Gasteiger partial charge is 0.342 e. The standard InChI is InChI=1S/C10H22N2O3S/c1-8(2)12(4)10(13)7-16(14,15)6-9(3)5-11/h8-9H,5-7,11H2,1-4H3. The summed E-state index contributed by atoms with van der Waals surface area (Å²) in [5, 5.41) is 0. The molecule has 0 bridgehead atoms. The Balaban J connectivity index is 4.43. The second-order valence-corrected chi connectivity index (χ2v) is 6.60. The molecule has 0 saturated carbocycles. The summed E-state index contributed by atoms with van der Waals surface area (Å²) in [6.07, 6.45) is 0. The molecule has 96 valence electrons. The van der Waals surface area contributed by atoms with Crippen molar-refractivity contribution in [1.29, 1.82) is 0 Å². The lowest BCUT2D eigenvalue weighted by Crippen LogP contribution is -2.38. The van der Waals surface area contributed by atoms with E-state index < -0.39 is 15.6 Å². The minimum atomic E-state index is -3.34. The molecule has 0 saturated heterocycles. The SMILES string of the molecule is CC(CN)CS(=O)(=O)CC(=O)N(C)C(C)C. The normalized spacial score (nSPS) is 13.9. The van der Waals surface area contributed by atoms with Crippen molar-refractivity contribution in [3.05, 3.63) is 0 Å². The van der Waals surface area contributed by atoms with Crippen molar-refractivity contribution in [1.82, 2.24) is 4.90 Å². The summed E-state index contributed by atoms with van der Waals surface area (Å²) in [6.45, 7) is 5.75. The van der Waals surface area contributed by atoms with E-state index in [4.69, 9.17) is 5.73 Å². The van der Waals surface area contributed by atoms with Gasteiger partial charge in [0.1, 0.15) is 5.75 Å². The maximum Gasteiger partial charge on any atom is 0.237 e. The van der Waals surface area contributed by atoms with Gasteiger partial charge in [-0.15, -0.1) is 0 Å². The number of hydrogen-bond acceptors (Lipinski definition) is 4. The highest BCUT2D eigenvalue weighted by molar-refractivity contribution is 7.92. The molecule has 0 aromatic heterocycles.